The highest BCUT2D eigenvalue weighted by molar-refractivity contribution is 7.21. The molecule has 0 bridgehead atoms. The molecule has 2 aromatic rings. The van der Waals surface area contributed by atoms with E-state index in [1.807, 2.05) is 36.2 Å². The average molecular weight is 365 g/mol. The van der Waals surface area contributed by atoms with Gasteiger partial charge in [-0.1, -0.05) is 36.7 Å². The smallest absolute Gasteiger partial charge is 0.265 e. The van der Waals surface area contributed by atoms with E-state index in [-0.39, 0.29) is 5.91 Å². The van der Waals surface area contributed by atoms with Crippen molar-refractivity contribution in [1.82, 2.24) is 10.2 Å². The van der Waals surface area contributed by atoms with Crippen LogP contribution in [0.4, 0.5) is 0 Å². The molecule has 130 valence electrons. The lowest BCUT2D eigenvalue weighted by Gasteiger charge is -2.35. The van der Waals surface area contributed by atoms with Crippen molar-refractivity contribution in [3.05, 3.63) is 34.2 Å². The van der Waals surface area contributed by atoms with Crippen LogP contribution < -0.4 is 5.32 Å². The highest BCUT2D eigenvalue weighted by Gasteiger charge is 2.29. The molecule has 0 atom stereocenters. The zero-order valence-corrected chi connectivity index (χ0v) is 15.9. The minimum Gasteiger partial charge on any atom is -0.338 e. The third-order valence-corrected chi connectivity index (χ3v) is 6.64. The standard InChI is InChI=1S/C19H25ClN2OS/c1-3-12-21-13-8-10-14(11-9-13)22(2)19(23)18-17(20)15-6-4-5-7-16(15)24-18/h4-7,13-14,21H,3,8-12H2,1-2H3. The SMILES string of the molecule is CCCNC1CCC(N(C)C(=O)c2sc3ccccc3c2Cl)CC1. The van der Waals surface area contributed by atoms with Crippen LogP contribution in [0.1, 0.15) is 48.7 Å². The van der Waals surface area contributed by atoms with Crippen LogP contribution in [-0.2, 0) is 0 Å². The molecule has 0 radical (unpaired) electrons. The Hall–Kier alpha value is -1.10. The molecule has 1 fully saturated rings. The second-order valence-corrected chi connectivity index (χ2v) is 8.05. The fraction of sp³-hybridized carbons (Fsp3) is 0.526. The minimum absolute atomic E-state index is 0.0613. The second-order valence-electron chi connectivity index (χ2n) is 6.62. The molecule has 1 aromatic carbocycles. The Bertz CT molecular complexity index is 706. The van der Waals surface area contributed by atoms with E-state index in [2.05, 4.69) is 12.2 Å². The minimum atomic E-state index is 0.0613. The molecule has 3 nitrogen and oxygen atoms in total. The van der Waals surface area contributed by atoms with Gasteiger partial charge in [-0.2, -0.15) is 0 Å². The summed E-state index contributed by atoms with van der Waals surface area (Å²) in [6.07, 6.45) is 5.58. The molecule has 1 aromatic heterocycles. The third kappa shape index (κ3) is 3.61. The first-order chi connectivity index (χ1) is 11.6. The number of benzene rings is 1. The van der Waals surface area contributed by atoms with Crippen molar-refractivity contribution in [1.29, 1.82) is 0 Å². The van der Waals surface area contributed by atoms with Crippen molar-refractivity contribution in [2.45, 2.75) is 51.1 Å². The Morgan fingerprint density at radius 1 is 1.29 bits per heavy atom. The first kappa shape index (κ1) is 17.7. The molecule has 24 heavy (non-hydrogen) atoms. The number of nitrogens with zero attached hydrogens (tertiary/aromatic N) is 1. The van der Waals surface area contributed by atoms with Gasteiger partial charge in [0, 0.05) is 29.2 Å². The first-order valence-electron chi connectivity index (χ1n) is 8.79. The molecule has 0 saturated heterocycles. The van der Waals surface area contributed by atoms with Crippen LogP contribution in [0.5, 0.6) is 0 Å². The van der Waals surface area contributed by atoms with Crippen LogP contribution in [0, 0.1) is 0 Å². The Labute approximate surface area is 153 Å². The van der Waals surface area contributed by atoms with Gasteiger partial charge >= 0.3 is 0 Å². The molecule has 1 aliphatic rings. The fourth-order valence-corrected chi connectivity index (χ4v) is 4.99. The monoisotopic (exact) mass is 364 g/mol. The number of fused-ring (bicyclic) bond motifs is 1. The van der Waals surface area contributed by atoms with Gasteiger partial charge in [-0.3, -0.25) is 4.79 Å². The summed E-state index contributed by atoms with van der Waals surface area (Å²) in [5.74, 6) is 0.0613. The van der Waals surface area contributed by atoms with E-state index in [4.69, 9.17) is 11.6 Å². The molecule has 5 heteroatoms. The number of carbonyl (C=O) groups is 1. The van der Waals surface area contributed by atoms with Crippen molar-refractivity contribution < 1.29 is 4.79 Å². The van der Waals surface area contributed by atoms with Crippen molar-refractivity contribution >= 4 is 38.9 Å². The zero-order valence-electron chi connectivity index (χ0n) is 14.3. The molecule has 0 spiro atoms. The maximum Gasteiger partial charge on any atom is 0.265 e. The highest BCUT2D eigenvalue weighted by Crippen LogP contribution is 2.36. The molecular formula is C19H25ClN2OS. The highest BCUT2D eigenvalue weighted by atomic mass is 35.5. The summed E-state index contributed by atoms with van der Waals surface area (Å²) in [5.41, 5.74) is 0. The molecule has 1 aliphatic carbocycles. The van der Waals surface area contributed by atoms with Crippen molar-refractivity contribution in [2.24, 2.45) is 0 Å². The van der Waals surface area contributed by atoms with Gasteiger partial charge in [-0.25, -0.2) is 0 Å². The third-order valence-electron chi connectivity index (χ3n) is 4.98. The zero-order chi connectivity index (χ0) is 17.1. The Morgan fingerprint density at radius 2 is 2.00 bits per heavy atom. The van der Waals surface area contributed by atoms with Gasteiger partial charge in [-0.05, 0) is 44.7 Å². The number of carbonyl (C=O) groups excluding carboxylic acids is 1. The van der Waals surface area contributed by atoms with Crippen molar-refractivity contribution in [3.63, 3.8) is 0 Å². The van der Waals surface area contributed by atoms with E-state index in [1.54, 1.807) is 0 Å². The van der Waals surface area contributed by atoms with Crippen LogP contribution in [-0.4, -0.2) is 36.5 Å². The molecule has 0 unspecified atom stereocenters. The van der Waals surface area contributed by atoms with E-state index < -0.39 is 0 Å². The van der Waals surface area contributed by atoms with E-state index in [1.165, 1.54) is 17.8 Å². The molecule has 1 N–H and O–H groups in total. The molecular weight excluding hydrogens is 340 g/mol. The number of thiophene rings is 1. The largest absolute Gasteiger partial charge is 0.338 e. The van der Waals surface area contributed by atoms with Gasteiger partial charge in [0.15, 0.2) is 0 Å². The van der Waals surface area contributed by atoms with Gasteiger partial charge < -0.3 is 10.2 Å². The van der Waals surface area contributed by atoms with Crippen molar-refractivity contribution in [2.75, 3.05) is 13.6 Å². The predicted molar refractivity (Wildman–Crippen MR) is 103 cm³/mol. The van der Waals surface area contributed by atoms with Crippen LogP contribution >= 0.6 is 22.9 Å². The number of hydrogen-bond acceptors (Lipinski definition) is 3. The van der Waals surface area contributed by atoms with Gasteiger partial charge in [0.05, 0.1) is 5.02 Å². The number of rotatable bonds is 5. The molecule has 0 aliphatic heterocycles. The van der Waals surface area contributed by atoms with E-state index in [0.717, 1.165) is 42.3 Å². The topological polar surface area (TPSA) is 32.3 Å². The van der Waals surface area contributed by atoms with Gasteiger partial charge in [0.25, 0.3) is 5.91 Å². The normalized spacial score (nSPS) is 21.1. The molecule has 1 amide bonds. The lowest BCUT2D eigenvalue weighted by molar-refractivity contribution is 0.0689. The number of amides is 1. The summed E-state index contributed by atoms with van der Waals surface area (Å²) in [6.45, 7) is 3.28. The quantitative estimate of drug-likeness (QED) is 0.815. The summed E-state index contributed by atoms with van der Waals surface area (Å²) in [6, 6.07) is 8.88. The Morgan fingerprint density at radius 3 is 2.67 bits per heavy atom. The summed E-state index contributed by atoms with van der Waals surface area (Å²) in [7, 11) is 1.92. The predicted octanol–water partition coefficient (Wildman–Crippen LogP) is 4.94. The Balaban J connectivity index is 1.67. The van der Waals surface area contributed by atoms with Crippen LogP contribution in [0.2, 0.25) is 5.02 Å². The number of halogens is 1. The Kier molecular flexibility index (Phi) is 5.80. The summed E-state index contributed by atoms with van der Waals surface area (Å²) in [4.78, 5) is 15.5. The summed E-state index contributed by atoms with van der Waals surface area (Å²) < 4.78 is 1.08. The molecule has 3 rings (SSSR count). The van der Waals surface area contributed by atoms with Gasteiger partial charge in [-0.15, -0.1) is 11.3 Å². The van der Waals surface area contributed by atoms with Crippen molar-refractivity contribution in [3.8, 4) is 0 Å². The second kappa shape index (κ2) is 7.85. The maximum absolute atomic E-state index is 12.9. The average Bonchev–Trinajstić information content (AvgIpc) is 2.96. The van der Waals surface area contributed by atoms with Crippen LogP contribution in [0.15, 0.2) is 24.3 Å². The fourth-order valence-electron chi connectivity index (χ4n) is 3.49. The summed E-state index contributed by atoms with van der Waals surface area (Å²) in [5, 5.41) is 5.18. The van der Waals surface area contributed by atoms with E-state index in [9.17, 15) is 4.79 Å². The number of nitrogens with one attached hydrogen (secondary N) is 1. The maximum atomic E-state index is 12.9. The van der Waals surface area contributed by atoms with Gasteiger partial charge in [0.2, 0.25) is 0 Å². The lowest BCUT2D eigenvalue weighted by Crippen LogP contribution is -2.43. The van der Waals surface area contributed by atoms with E-state index >= 15 is 0 Å². The van der Waals surface area contributed by atoms with Gasteiger partial charge in [0.1, 0.15) is 4.88 Å². The number of hydrogen-bond donors (Lipinski definition) is 1. The van der Waals surface area contributed by atoms with E-state index in [0.29, 0.717) is 22.0 Å². The lowest BCUT2D eigenvalue weighted by atomic mass is 9.90. The summed E-state index contributed by atoms with van der Waals surface area (Å²) >= 11 is 7.97. The first-order valence-corrected chi connectivity index (χ1v) is 9.98. The molecule has 1 heterocycles. The molecule has 1 saturated carbocycles. The van der Waals surface area contributed by atoms with Crippen LogP contribution in [0.25, 0.3) is 10.1 Å². The van der Waals surface area contributed by atoms with Crippen LogP contribution in [0.3, 0.4) is 0 Å².